The monoisotopic (exact) mass is 294 g/mol. The Morgan fingerprint density at radius 1 is 1.18 bits per heavy atom. The van der Waals surface area contributed by atoms with Crippen LogP contribution in [0.3, 0.4) is 0 Å². The molecular weight excluding hydrogens is 276 g/mol. The molecule has 112 valence electrons. The molecule has 0 unspecified atom stereocenters. The molecule has 2 amide bonds. The molecule has 0 aliphatic heterocycles. The Kier molecular flexibility index (Phi) is 3.78. The van der Waals surface area contributed by atoms with E-state index in [1.54, 1.807) is 4.68 Å². The van der Waals surface area contributed by atoms with Crippen LogP contribution in [0.5, 0.6) is 0 Å². The molecule has 1 heterocycles. The molecule has 0 aliphatic rings. The van der Waals surface area contributed by atoms with Crippen LogP contribution >= 0.6 is 0 Å². The first-order valence-corrected chi connectivity index (χ1v) is 7.15. The molecule has 2 aromatic carbocycles. The Morgan fingerprint density at radius 3 is 2.73 bits per heavy atom. The molecule has 0 aliphatic carbocycles. The van der Waals surface area contributed by atoms with Crippen LogP contribution in [0, 0.1) is 6.92 Å². The number of nitrogens with zero attached hydrogens (tertiary/aromatic N) is 2. The second-order valence-corrected chi connectivity index (χ2v) is 5.24. The fraction of sp³-hybridized carbons (Fsp3) is 0.176. The van der Waals surface area contributed by atoms with Crippen LogP contribution in [0.1, 0.15) is 11.4 Å². The molecule has 0 fully saturated rings. The zero-order valence-electron chi connectivity index (χ0n) is 12.6. The van der Waals surface area contributed by atoms with E-state index >= 15 is 0 Å². The topological polar surface area (TPSA) is 59.0 Å². The van der Waals surface area contributed by atoms with Gasteiger partial charge in [0, 0.05) is 18.1 Å². The van der Waals surface area contributed by atoms with Crippen molar-refractivity contribution in [3.63, 3.8) is 0 Å². The standard InChI is InChI=1S/C17H18N4O/c1-12-10-14(20-21(12)2)11-18-17(22)19-16-9-5-7-13-6-3-4-8-15(13)16/h3-10H,11H2,1-2H3,(H2,18,19,22). The normalized spacial score (nSPS) is 10.6. The summed E-state index contributed by atoms with van der Waals surface area (Å²) in [5.74, 6) is 0. The van der Waals surface area contributed by atoms with E-state index in [1.165, 1.54) is 0 Å². The molecule has 0 radical (unpaired) electrons. The van der Waals surface area contributed by atoms with Crippen molar-refractivity contribution in [1.82, 2.24) is 15.1 Å². The summed E-state index contributed by atoms with van der Waals surface area (Å²) >= 11 is 0. The van der Waals surface area contributed by atoms with Crippen molar-refractivity contribution in [2.24, 2.45) is 7.05 Å². The second kappa shape index (κ2) is 5.89. The average Bonchev–Trinajstić information content (AvgIpc) is 2.84. The number of aryl methyl sites for hydroxylation is 2. The van der Waals surface area contributed by atoms with E-state index < -0.39 is 0 Å². The van der Waals surface area contributed by atoms with Crippen molar-refractivity contribution >= 4 is 22.5 Å². The first kappa shape index (κ1) is 14.1. The zero-order chi connectivity index (χ0) is 15.5. The van der Waals surface area contributed by atoms with Crippen molar-refractivity contribution in [3.05, 3.63) is 59.9 Å². The number of amides is 2. The predicted octanol–water partition coefficient (Wildman–Crippen LogP) is 3.20. The van der Waals surface area contributed by atoms with Crippen LogP contribution in [0.4, 0.5) is 10.5 Å². The van der Waals surface area contributed by atoms with Gasteiger partial charge in [-0.1, -0.05) is 36.4 Å². The minimum Gasteiger partial charge on any atom is -0.332 e. The third kappa shape index (κ3) is 2.93. The molecule has 5 heteroatoms. The molecule has 2 N–H and O–H groups in total. The maximum absolute atomic E-state index is 12.1. The number of benzene rings is 2. The Labute approximate surface area is 128 Å². The second-order valence-electron chi connectivity index (χ2n) is 5.24. The highest BCUT2D eigenvalue weighted by molar-refractivity contribution is 6.01. The smallest absolute Gasteiger partial charge is 0.319 e. The van der Waals surface area contributed by atoms with E-state index in [-0.39, 0.29) is 6.03 Å². The Hall–Kier alpha value is -2.82. The van der Waals surface area contributed by atoms with Gasteiger partial charge >= 0.3 is 6.03 Å². The summed E-state index contributed by atoms with van der Waals surface area (Å²) in [6, 6.07) is 15.5. The van der Waals surface area contributed by atoms with E-state index in [9.17, 15) is 4.79 Å². The number of carbonyl (C=O) groups is 1. The van der Waals surface area contributed by atoms with Gasteiger partial charge in [-0.05, 0) is 24.4 Å². The van der Waals surface area contributed by atoms with Crippen LogP contribution in [-0.4, -0.2) is 15.8 Å². The highest BCUT2D eigenvalue weighted by Crippen LogP contribution is 2.22. The molecule has 0 saturated heterocycles. The van der Waals surface area contributed by atoms with Gasteiger partial charge in [0.25, 0.3) is 0 Å². The zero-order valence-corrected chi connectivity index (χ0v) is 12.6. The lowest BCUT2D eigenvalue weighted by Crippen LogP contribution is -2.28. The van der Waals surface area contributed by atoms with Crippen LogP contribution in [0.25, 0.3) is 10.8 Å². The van der Waals surface area contributed by atoms with Crippen molar-refractivity contribution in [3.8, 4) is 0 Å². The Morgan fingerprint density at radius 2 is 1.95 bits per heavy atom. The van der Waals surface area contributed by atoms with Crippen molar-refractivity contribution in [1.29, 1.82) is 0 Å². The van der Waals surface area contributed by atoms with Gasteiger partial charge in [-0.2, -0.15) is 5.10 Å². The fourth-order valence-corrected chi connectivity index (χ4v) is 2.39. The van der Waals surface area contributed by atoms with Crippen molar-refractivity contribution in [2.45, 2.75) is 13.5 Å². The number of hydrogen-bond acceptors (Lipinski definition) is 2. The molecule has 0 saturated carbocycles. The van der Waals surface area contributed by atoms with E-state index in [2.05, 4.69) is 15.7 Å². The number of carbonyl (C=O) groups excluding carboxylic acids is 1. The van der Waals surface area contributed by atoms with Gasteiger partial charge in [0.15, 0.2) is 0 Å². The first-order chi connectivity index (χ1) is 10.6. The van der Waals surface area contributed by atoms with Crippen molar-refractivity contribution in [2.75, 3.05) is 5.32 Å². The van der Waals surface area contributed by atoms with Gasteiger partial charge in [-0.15, -0.1) is 0 Å². The summed E-state index contributed by atoms with van der Waals surface area (Å²) in [7, 11) is 1.88. The Balaban J connectivity index is 1.68. The number of aromatic nitrogens is 2. The third-order valence-electron chi connectivity index (χ3n) is 3.63. The molecule has 3 aromatic rings. The number of urea groups is 1. The first-order valence-electron chi connectivity index (χ1n) is 7.15. The lowest BCUT2D eigenvalue weighted by Gasteiger charge is -2.09. The number of rotatable bonds is 3. The molecule has 3 rings (SSSR count). The van der Waals surface area contributed by atoms with Crippen LogP contribution in [0.15, 0.2) is 48.5 Å². The van der Waals surface area contributed by atoms with Gasteiger partial charge < -0.3 is 10.6 Å². The highest BCUT2D eigenvalue weighted by Gasteiger charge is 2.06. The summed E-state index contributed by atoms with van der Waals surface area (Å²) in [4.78, 5) is 12.1. The summed E-state index contributed by atoms with van der Waals surface area (Å²) in [5.41, 5.74) is 2.70. The fourth-order valence-electron chi connectivity index (χ4n) is 2.39. The van der Waals surface area contributed by atoms with Gasteiger partial charge in [-0.3, -0.25) is 4.68 Å². The molecule has 1 aromatic heterocycles. The summed E-state index contributed by atoms with van der Waals surface area (Å²) in [5, 5.41) is 12.2. The summed E-state index contributed by atoms with van der Waals surface area (Å²) in [6.07, 6.45) is 0. The Bertz CT molecular complexity index is 798. The van der Waals surface area contributed by atoms with E-state index in [1.807, 2.05) is 62.5 Å². The molecule has 22 heavy (non-hydrogen) atoms. The number of hydrogen-bond donors (Lipinski definition) is 2. The SMILES string of the molecule is Cc1cc(CNC(=O)Nc2cccc3ccccc23)nn1C. The van der Waals surface area contributed by atoms with Crippen LogP contribution in [0.2, 0.25) is 0 Å². The lowest BCUT2D eigenvalue weighted by atomic mass is 10.1. The van der Waals surface area contributed by atoms with E-state index in [0.717, 1.165) is 27.8 Å². The van der Waals surface area contributed by atoms with Gasteiger partial charge in [-0.25, -0.2) is 4.79 Å². The third-order valence-corrected chi connectivity index (χ3v) is 3.63. The molecule has 0 bridgehead atoms. The number of anilines is 1. The average molecular weight is 294 g/mol. The van der Waals surface area contributed by atoms with E-state index in [0.29, 0.717) is 6.54 Å². The maximum atomic E-state index is 12.1. The lowest BCUT2D eigenvalue weighted by molar-refractivity contribution is 0.251. The summed E-state index contributed by atoms with van der Waals surface area (Å²) in [6.45, 7) is 2.38. The van der Waals surface area contributed by atoms with Gasteiger partial charge in [0.2, 0.25) is 0 Å². The minimum atomic E-state index is -0.236. The summed E-state index contributed by atoms with van der Waals surface area (Å²) < 4.78 is 1.79. The molecule has 5 nitrogen and oxygen atoms in total. The molecule has 0 atom stereocenters. The predicted molar refractivity (Wildman–Crippen MR) is 87.8 cm³/mol. The van der Waals surface area contributed by atoms with Crippen LogP contribution < -0.4 is 10.6 Å². The number of fused-ring (bicyclic) bond motifs is 1. The van der Waals surface area contributed by atoms with Gasteiger partial charge in [0.05, 0.1) is 17.9 Å². The van der Waals surface area contributed by atoms with Crippen LogP contribution in [-0.2, 0) is 13.6 Å². The van der Waals surface area contributed by atoms with Gasteiger partial charge in [0.1, 0.15) is 0 Å². The highest BCUT2D eigenvalue weighted by atomic mass is 16.2. The molecular formula is C17H18N4O. The quantitative estimate of drug-likeness (QED) is 0.779. The maximum Gasteiger partial charge on any atom is 0.319 e. The molecule has 0 spiro atoms. The number of nitrogens with one attached hydrogen (secondary N) is 2. The van der Waals surface area contributed by atoms with Crippen molar-refractivity contribution < 1.29 is 4.79 Å². The largest absolute Gasteiger partial charge is 0.332 e. The minimum absolute atomic E-state index is 0.236. The van der Waals surface area contributed by atoms with E-state index in [4.69, 9.17) is 0 Å².